The third-order valence-corrected chi connectivity index (χ3v) is 4.91. The summed E-state index contributed by atoms with van der Waals surface area (Å²) in [6.07, 6.45) is 2.25. The highest BCUT2D eigenvalue weighted by molar-refractivity contribution is 7.16. The van der Waals surface area contributed by atoms with Crippen LogP contribution in [0.2, 0.25) is 0 Å². The number of anilines is 1. The molecule has 6 heteroatoms. The molecule has 1 aromatic carbocycles. The molecule has 0 radical (unpaired) electrons. The Morgan fingerprint density at radius 3 is 2.83 bits per heavy atom. The van der Waals surface area contributed by atoms with Crippen molar-refractivity contribution in [2.75, 3.05) is 18.5 Å². The number of thiophene rings is 1. The zero-order valence-corrected chi connectivity index (χ0v) is 14.2. The van der Waals surface area contributed by atoms with Crippen LogP contribution in [-0.4, -0.2) is 31.0 Å². The van der Waals surface area contributed by atoms with E-state index in [-0.39, 0.29) is 17.8 Å². The number of rotatable bonds is 6. The summed E-state index contributed by atoms with van der Waals surface area (Å²) in [4.78, 5) is 24.7. The van der Waals surface area contributed by atoms with E-state index in [4.69, 9.17) is 9.47 Å². The van der Waals surface area contributed by atoms with Gasteiger partial charge in [-0.25, -0.2) is 0 Å². The molecule has 1 saturated heterocycles. The van der Waals surface area contributed by atoms with Gasteiger partial charge in [0.25, 0.3) is 5.91 Å². The summed E-state index contributed by atoms with van der Waals surface area (Å²) < 4.78 is 11.3. The number of amides is 1. The molecule has 0 unspecified atom stereocenters. The van der Waals surface area contributed by atoms with Gasteiger partial charge in [-0.2, -0.15) is 0 Å². The van der Waals surface area contributed by atoms with Crippen LogP contribution in [0.1, 0.15) is 39.1 Å². The maximum atomic E-state index is 12.3. The number of ether oxygens (including phenoxy) is 2. The highest BCUT2D eigenvalue weighted by Gasteiger charge is 2.16. The molecule has 0 aliphatic carbocycles. The van der Waals surface area contributed by atoms with Crippen molar-refractivity contribution in [3.05, 3.63) is 46.2 Å². The molecule has 3 rings (SSSR count). The van der Waals surface area contributed by atoms with Gasteiger partial charge in [0.05, 0.1) is 15.9 Å². The van der Waals surface area contributed by atoms with Crippen molar-refractivity contribution in [3.63, 3.8) is 0 Å². The average Bonchev–Trinajstić information content (AvgIpc) is 3.25. The summed E-state index contributed by atoms with van der Waals surface area (Å²) in [5.41, 5.74) is 0.655. The monoisotopic (exact) mass is 345 g/mol. The van der Waals surface area contributed by atoms with Gasteiger partial charge in [-0.15, -0.1) is 11.3 Å². The van der Waals surface area contributed by atoms with Gasteiger partial charge in [-0.3, -0.25) is 9.59 Å². The molecule has 0 saturated carbocycles. The number of carbonyl (C=O) groups is 2. The van der Waals surface area contributed by atoms with Crippen molar-refractivity contribution < 1.29 is 19.1 Å². The molecule has 126 valence electrons. The fourth-order valence-electron chi connectivity index (χ4n) is 2.47. The lowest BCUT2D eigenvalue weighted by atomic mass is 10.2. The van der Waals surface area contributed by atoms with E-state index in [1.165, 1.54) is 18.3 Å². The molecule has 1 aliphatic rings. The fourth-order valence-corrected chi connectivity index (χ4v) is 3.27. The molecular formula is C18H19NO4S. The van der Waals surface area contributed by atoms with Crippen LogP contribution in [0.15, 0.2) is 36.4 Å². The lowest BCUT2D eigenvalue weighted by Crippen LogP contribution is -2.16. The summed E-state index contributed by atoms with van der Waals surface area (Å²) >= 11 is 1.19. The second-order valence-corrected chi connectivity index (χ2v) is 6.73. The summed E-state index contributed by atoms with van der Waals surface area (Å²) in [5, 5.41) is 2.83. The largest absolute Gasteiger partial charge is 0.491 e. The van der Waals surface area contributed by atoms with E-state index < -0.39 is 0 Å². The quantitative estimate of drug-likeness (QED) is 0.810. The second kappa shape index (κ2) is 7.59. The highest BCUT2D eigenvalue weighted by atomic mass is 32.1. The minimum Gasteiger partial charge on any atom is -0.491 e. The predicted octanol–water partition coefficient (Wildman–Crippen LogP) is 3.76. The Kier molecular flexibility index (Phi) is 5.27. The van der Waals surface area contributed by atoms with Crippen LogP contribution in [0.25, 0.3) is 0 Å². The summed E-state index contributed by atoms with van der Waals surface area (Å²) in [6.45, 7) is 2.81. The van der Waals surface area contributed by atoms with E-state index in [1.54, 1.807) is 24.3 Å². The van der Waals surface area contributed by atoms with E-state index in [9.17, 15) is 9.59 Å². The molecule has 2 heterocycles. The Hall–Kier alpha value is -2.18. The van der Waals surface area contributed by atoms with Crippen molar-refractivity contribution in [3.8, 4) is 5.75 Å². The number of ketones is 1. The van der Waals surface area contributed by atoms with Crippen molar-refractivity contribution >= 4 is 28.7 Å². The van der Waals surface area contributed by atoms with Crippen molar-refractivity contribution in [2.45, 2.75) is 25.9 Å². The Labute approximate surface area is 144 Å². The van der Waals surface area contributed by atoms with Gasteiger partial charge in [0.2, 0.25) is 0 Å². The van der Waals surface area contributed by atoms with Crippen LogP contribution in [0.3, 0.4) is 0 Å². The molecule has 1 fully saturated rings. The smallest absolute Gasteiger partial charge is 0.265 e. The Morgan fingerprint density at radius 1 is 1.29 bits per heavy atom. The molecule has 24 heavy (non-hydrogen) atoms. The fraction of sp³-hybridized carbons (Fsp3) is 0.333. The van der Waals surface area contributed by atoms with Gasteiger partial charge in [0.15, 0.2) is 5.78 Å². The van der Waals surface area contributed by atoms with Crippen molar-refractivity contribution in [1.82, 2.24) is 0 Å². The van der Waals surface area contributed by atoms with Gasteiger partial charge in [-0.05, 0) is 44.0 Å². The molecule has 1 aliphatic heterocycles. The minimum absolute atomic E-state index is 0.0384. The number of benzene rings is 1. The number of Topliss-reactive ketones (excluding diaryl/α,β-unsaturated/α-hetero) is 1. The van der Waals surface area contributed by atoms with Gasteiger partial charge < -0.3 is 14.8 Å². The van der Waals surface area contributed by atoms with Gasteiger partial charge in [0.1, 0.15) is 12.4 Å². The molecule has 0 bridgehead atoms. The summed E-state index contributed by atoms with van der Waals surface area (Å²) in [5.74, 6) is 0.422. The van der Waals surface area contributed by atoms with E-state index in [2.05, 4.69) is 5.32 Å². The highest BCUT2D eigenvalue weighted by Crippen LogP contribution is 2.22. The maximum absolute atomic E-state index is 12.3. The SMILES string of the molecule is CC(=O)c1ccc(C(=O)Nc2cccc(OC[C@@H]3CCCO3)c2)s1. The van der Waals surface area contributed by atoms with E-state index >= 15 is 0 Å². The third kappa shape index (κ3) is 4.21. The van der Waals surface area contributed by atoms with Crippen molar-refractivity contribution in [1.29, 1.82) is 0 Å². The van der Waals surface area contributed by atoms with Gasteiger partial charge in [0, 0.05) is 18.4 Å². The first-order valence-corrected chi connectivity index (χ1v) is 8.70. The van der Waals surface area contributed by atoms with Crippen LogP contribution < -0.4 is 10.1 Å². The van der Waals surface area contributed by atoms with Crippen molar-refractivity contribution in [2.24, 2.45) is 0 Å². The lowest BCUT2D eigenvalue weighted by molar-refractivity contribution is 0.0680. The molecular weight excluding hydrogens is 326 g/mol. The molecule has 1 N–H and O–H groups in total. The first-order chi connectivity index (χ1) is 11.6. The lowest BCUT2D eigenvalue weighted by Gasteiger charge is -2.12. The second-order valence-electron chi connectivity index (χ2n) is 5.65. The number of nitrogens with one attached hydrogen (secondary N) is 1. The van der Waals surface area contributed by atoms with Crippen LogP contribution in [0.5, 0.6) is 5.75 Å². The Bertz CT molecular complexity index is 734. The Balaban J connectivity index is 1.60. The maximum Gasteiger partial charge on any atom is 0.265 e. The zero-order chi connectivity index (χ0) is 16.9. The number of hydrogen-bond donors (Lipinski definition) is 1. The summed E-state index contributed by atoms with van der Waals surface area (Å²) in [6, 6.07) is 10.6. The number of carbonyl (C=O) groups excluding carboxylic acids is 2. The summed E-state index contributed by atoms with van der Waals surface area (Å²) in [7, 11) is 0. The van der Waals surface area contributed by atoms with Crippen LogP contribution in [0, 0.1) is 0 Å². The first kappa shape index (κ1) is 16.7. The Morgan fingerprint density at radius 2 is 2.12 bits per heavy atom. The molecule has 0 spiro atoms. The van der Waals surface area contributed by atoms with E-state index in [1.807, 2.05) is 12.1 Å². The van der Waals surface area contributed by atoms with Crippen LogP contribution in [-0.2, 0) is 4.74 Å². The number of hydrogen-bond acceptors (Lipinski definition) is 5. The molecule has 1 amide bonds. The normalized spacial score (nSPS) is 16.8. The third-order valence-electron chi connectivity index (χ3n) is 3.73. The molecule has 5 nitrogen and oxygen atoms in total. The predicted molar refractivity (Wildman–Crippen MR) is 93.2 cm³/mol. The van der Waals surface area contributed by atoms with E-state index in [0.29, 0.717) is 27.8 Å². The standard InChI is InChI=1S/C18H19NO4S/c1-12(20)16-7-8-17(24-16)18(21)19-13-4-2-5-14(10-13)23-11-15-6-3-9-22-15/h2,4-5,7-8,10,15H,3,6,9,11H2,1H3,(H,19,21)/t15-/m0/s1. The zero-order valence-electron chi connectivity index (χ0n) is 13.4. The molecule has 1 atom stereocenters. The van der Waals surface area contributed by atoms with Gasteiger partial charge in [-0.1, -0.05) is 6.07 Å². The van der Waals surface area contributed by atoms with Crippen LogP contribution >= 0.6 is 11.3 Å². The molecule has 1 aromatic heterocycles. The average molecular weight is 345 g/mol. The minimum atomic E-state index is -0.233. The first-order valence-electron chi connectivity index (χ1n) is 7.88. The van der Waals surface area contributed by atoms with Gasteiger partial charge >= 0.3 is 0 Å². The van der Waals surface area contributed by atoms with E-state index in [0.717, 1.165) is 19.4 Å². The topological polar surface area (TPSA) is 64.6 Å². The van der Waals surface area contributed by atoms with Crippen LogP contribution in [0.4, 0.5) is 5.69 Å². The molecule has 2 aromatic rings.